The Morgan fingerprint density at radius 3 is 2.42 bits per heavy atom. The van der Waals surface area contributed by atoms with Crippen LogP contribution in [0.2, 0.25) is 0 Å². The standard InChI is InChI=1S/C17H23ClO/c1-2-13-19-17-9-7-16(8-10-17)15-5-3-14(4-6-15)11-12-18/h7-12,14-15H,2-6,13H2,1H3/b12-11+. The number of allylic oxidation sites excluding steroid dienone is 1. The van der Waals surface area contributed by atoms with Crippen LogP contribution in [0.1, 0.15) is 50.5 Å². The summed E-state index contributed by atoms with van der Waals surface area (Å²) in [7, 11) is 0. The second-order valence-corrected chi connectivity index (χ2v) is 5.60. The van der Waals surface area contributed by atoms with Gasteiger partial charge in [-0.3, -0.25) is 0 Å². The molecule has 1 nitrogen and oxygen atoms in total. The third-order valence-electron chi connectivity index (χ3n) is 3.94. The van der Waals surface area contributed by atoms with E-state index in [1.54, 1.807) is 5.54 Å². The van der Waals surface area contributed by atoms with Gasteiger partial charge >= 0.3 is 0 Å². The summed E-state index contributed by atoms with van der Waals surface area (Å²) in [6, 6.07) is 8.67. The van der Waals surface area contributed by atoms with Gasteiger partial charge in [0.15, 0.2) is 0 Å². The average Bonchev–Trinajstić information content (AvgIpc) is 2.47. The summed E-state index contributed by atoms with van der Waals surface area (Å²) in [6.45, 7) is 2.93. The molecular formula is C17H23ClO. The summed E-state index contributed by atoms with van der Waals surface area (Å²) < 4.78 is 5.62. The van der Waals surface area contributed by atoms with Crippen LogP contribution in [-0.2, 0) is 0 Å². The summed E-state index contributed by atoms with van der Waals surface area (Å²) in [5.41, 5.74) is 3.13. The molecule has 0 bridgehead atoms. The molecule has 1 aromatic rings. The summed E-state index contributed by atoms with van der Waals surface area (Å²) in [6.07, 6.45) is 8.23. The minimum absolute atomic E-state index is 0.681. The van der Waals surface area contributed by atoms with Crippen LogP contribution in [0.15, 0.2) is 35.9 Å². The van der Waals surface area contributed by atoms with Crippen molar-refractivity contribution < 1.29 is 4.74 Å². The molecule has 1 aliphatic carbocycles. The van der Waals surface area contributed by atoms with E-state index in [2.05, 4.69) is 37.3 Å². The van der Waals surface area contributed by atoms with Crippen LogP contribution in [0.5, 0.6) is 5.75 Å². The number of halogens is 1. The molecule has 1 fully saturated rings. The maximum Gasteiger partial charge on any atom is 0.119 e. The average molecular weight is 279 g/mol. The molecule has 0 unspecified atom stereocenters. The van der Waals surface area contributed by atoms with Gasteiger partial charge in [-0.25, -0.2) is 0 Å². The highest BCUT2D eigenvalue weighted by Gasteiger charge is 2.20. The Hall–Kier alpha value is -0.950. The third kappa shape index (κ3) is 4.28. The summed E-state index contributed by atoms with van der Waals surface area (Å²) in [5, 5.41) is 0. The van der Waals surface area contributed by atoms with Crippen molar-refractivity contribution in [3.8, 4) is 5.75 Å². The van der Waals surface area contributed by atoms with Crippen LogP contribution >= 0.6 is 11.6 Å². The van der Waals surface area contributed by atoms with Crippen LogP contribution in [0.3, 0.4) is 0 Å². The van der Waals surface area contributed by atoms with Crippen LogP contribution in [0, 0.1) is 5.92 Å². The van der Waals surface area contributed by atoms with Crippen LogP contribution in [0.25, 0.3) is 0 Å². The van der Waals surface area contributed by atoms with E-state index in [1.165, 1.54) is 31.2 Å². The van der Waals surface area contributed by atoms with Crippen LogP contribution in [-0.4, -0.2) is 6.61 Å². The molecule has 2 heteroatoms. The van der Waals surface area contributed by atoms with E-state index in [1.807, 2.05) is 0 Å². The van der Waals surface area contributed by atoms with Gasteiger partial charge in [-0.15, -0.1) is 0 Å². The van der Waals surface area contributed by atoms with E-state index < -0.39 is 0 Å². The van der Waals surface area contributed by atoms with Crippen molar-refractivity contribution in [2.45, 2.75) is 44.9 Å². The molecule has 1 aromatic carbocycles. The van der Waals surface area contributed by atoms with Gasteiger partial charge < -0.3 is 4.74 Å². The summed E-state index contributed by atoms with van der Waals surface area (Å²) in [4.78, 5) is 0. The predicted molar refractivity (Wildman–Crippen MR) is 81.9 cm³/mol. The summed E-state index contributed by atoms with van der Waals surface area (Å²) >= 11 is 5.65. The van der Waals surface area contributed by atoms with Crippen molar-refractivity contribution in [3.05, 3.63) is 41.4 Å². The highest BCUT2D eigenvalue weighted by Crippen LogP contribution is 2.36. The number of ether oxygens (including phenoxy) is 1. The SMILES string of the molecule is CCCOc1ccc(C2CCC(/C=C/Cl)CC2)cc1. The first-order chi connectivity index (χ1) is 9.33. The molecule has 104 valence electrons. The van der Waals surface area contributed by atoms with E-state index >= 15 is 0 Å². The molecule has 2 rings (SSSR count). The number of hydrogen-bond donors (Lipinski definition) is 0. The molecule has 0 atom stereocenters. The lowest BCUT2D eigenvalue weighted by Gasteiger charge is -2.27. The second kappa shape index (κ2) is 7.59. The number of benzene rings is 1. The first kappa shape index (κ1) is 14.5. The van der Waals surface area contributed by atoms with Gasteiger partial charge in [0, 0.05) is 5.54 Å². The lowest BCUT2D eigenvalue weighted by Crippen LogP contribution is -2.11. The lowest BCUT2D eigenvalue weighted by atomic mass is 9.79. The molecule has 19 heavy (non-hydrogen) atoms. The minimum Gasteiger partial charge on any atom is -0.494 e. The van der Waals surface area contributed by atoms with E-state index in [4.69, 9.17) is 16.3 Å². The van der Waals surface area contributed by atoms with E-state index in [0.29, 0.717) is 11.8 Å². The van der Waals surface area contributed by atoms with Crippen molar-refractivity contribution in [2.75, 3.05) is 6.61 Å². The Balaban J connectivity index is 1.89. The van der Waals surface area contributed by atoms with Gasteiger partial charge in [0.1, 0.15) is 5.75 Å². The largest absolute Gasteiger partial charge is 0.494 e. The minimum atomic E-state index is 0.681. The van der Waals surface area contributed by atoms with Gasteiger partial charge in [0.2, 0.25) is 0 Å². The van der Waals surface area contributed by atoms with Gasteiger partial charge in [-0.2, -0.15) is 0 Å². The smallest absolute Gasteiger partial charge is 0.119 e. The van der Waals surface area contributed by atoms with Gasteiger partial charge in [0.05, 0.1) is 6.61 Å². The highest BCUT2D eigenvalue weighted by atomic mass is 35.5. The third-order valence-corrected chi connectivity index (χ3v) is 4.09. The molecule has 1 saturated carbocycles. The number of rotatable bonds is 5. The fourth-order valence-electron chi connectivity index (χ4n) is 2.80. The van der Waals surface area contributed by atoms with E-state index in [9.17, 15) is 0 Å². The first-order valence-corrected chi connectivity index (χ1v) is 7.76. The predicted octanol–water partition coefficient (Wildman–Crippen LogP) is 5.50. The molecule has 0 radical (unpaired) electrons. The van der Waals surface area contributed by atoms with Gasteiger partial charge in [-0.1, -0.05) is 36.7 Å². The van der Waals surface area contributed by atoms with Crippen molar-refractivity contribution in [2.24, 2.45) is 5.92 Å². The molecule has 0 aliphatic heterocycles. The molecule has 1 aliphatic rings. The first-order valence-electron chi connectivity index (χ1n) is 7.33. The van der Waals surface area contributed by atoms with Crippen LogP contribution < -0.4 is 4.74 Å². The summed E-state index contributed by atoms with van der Waals surface area (Å²) in [5.74, 6) is 2.38. The second-order valence-electron chi connectivity index (χ2n) is 5.35. The Bertz CT molecular complexity index is 388. The zero-order chi connectivity index (χ0) is 13.5. The zero-order valence-electron chi connectivity index (χ0n) is 11.6. The van der Waals surface area contributed by atoms with Gasteiger partial charge in [0.25, 0.3) is 0 Å². The molecule has 0 saturated heterocycles. The quantitative estimate of drug-likeness (QED) is 0.691. The fraction of sp³-hybridized carbons (Fsp3) is 0.529. The normalized spacial score (nSPS) is 23.7. The monoisotopic (exact) mass is 278 g/mol. The molecule has 0 spiro atoms. The Kier molecular flexibility index (Phi) is 5.78. The maximum absolute atomic E-state index is 5.65. The van der Waals surface area contributed by atoms with Crippen LogP contribution in [0.4, 0.5) is 0 Å². The Morgan fingerprint density at radius 1 is 1.16 bits per heavy atom. The molecular weight excluding hydrogens is 256 g/mol. The molecule has 0 N–H and O–H groups in total. The Labute approximate surface area is 121 Å². The maximum atomic E-state index is 5.65. The van der Waals surface area contributed by atoms with Crippen molar-refractivity contribution in [1.29, 1.82) is 0 Å². The fourth-order valence-corrected chi connectivity index (χ4v) is 3.01. The van der Waals surface area contributed by atoms with Crippen molar-refractivity contribution >= 4 is 11.6 Å². The molecule has 0 heterocycles. The van der Waals surface area contributed by atoms with Crippen molar-refractivity contribution in [3.63, 3.8) is 0 Å². The molecule has 0 aromatic heterocycles. The van der Waals surface area contributed by atoms with E-state index in [0.717, 1.165) is 18.8 Å². The number of hydrogen-bond acceptors (Lipinski definition) is 1. The zero-order valence-corrected chi connectivity index (χ0v) is 12.4. The Morgan fingerprint density at radius 2 is 1.84 bits per heavy atom. The highest BCUT2D eigenvalue weighted by molar-refractivity contribution is 6.25. The van der Waals surface area contributed by atoms with E-state index in [-0.39, 0.29) is 0 Å². The topological polar surface area (TPSA) is 9.23 Å². The van der Waals surface area contributed by atoms with Crippen molar-refractivity contribution in [1.82, 2.24) is 0 Å². The van der Waals surface area contributed by atoms with Gasteiger partial charge in [-0.05, 0) is 61.6 Å². The molecule has 0 amide bonds. The lowest BCUT2D eigenvalue weighted by molar-refractivity contribution is 0.317.